The fraction of sp³-hybridized carbons (Fsp3) is 0.125. The Labute approximate surface area is 117 Å². The van der Waals surface area contributed by atoms with Crippen molar-refractivity contribution in [3.63, 3.8) is 0 Å². The second kappa shape index (κ2) is 5.57. The molecule has 4 nitrogen and oxygen atoms in total. The molecule has 3 rings (SSSR count). The molecule has 0 aliphatic carbocycles. The van der Waals surface area contributed by atoms with Gasteiger partial charge in [0.15, 0.2) is 0 Å². The highest BCUT2D eigenvalue weighted by Gasteiger charge is 2.05. The number of nitrogens with zero attached hydrogens (tertiary/aromatic N) is 2. The standard InChI is InChI=1S/C16H14N3O/c1-12-16(10-18-19-12)13-5-4-7-15(9-13)20-11-14-6-2-3-8-17-14/h2-3,5-10H,11H2,1H3,(H,18,19). The smallest absolute Gasteiger partial charge is 0.130 e. The van der Waals surface area contributed by atoms with Crippen molar-refractivity contribution < 1.29 is 4.74 Å². The number of aromatic amines is 1. The van der Waals surface area contributed by atoms with Crippen LogP contribution in [0, 0.1) is 13.0 Å². The van der Waals surface area contributed by atoms with E-state index in [1.165, 1.54) is 0 Å². The molecule has 0 atom stereocenters. The van der Waals surface area contributed by atoms with E-state index in [9.17, 15) is 0 Å². The maximum Gasteiger partial charge on any atom is 0.130 e. The summed E-state index contributed by atoms with van der Waals surface area (Å²) in [6.45, 7) is 2.41. The lowest BCUT2D eigenvalue weighted by Gasteiger charge is -2.07. The van der Waals surface area contributed by atoms with Gasteiger partial charge in [-0.1, -0.05) is 6.07 Å². The predicted octanol–water partition coefficient (Wildman–Crippen LogP) is 3.16. The van der Waals surface area contributed by atoms with E-state index in [4.69, 9.17) is 4.74 Å². The third kappa shape index (κ3) is 2.69. The molecule has 0 unspecified atom stereocenters. The molecule has 2 heterocycles. The molecular formula is C16H14N3O. The maximum atomic E-state index is 5.75. The molecule has 3 aromatic rings. The molecule has 1 radical (unpaired) electrons. The molecule has 0 amide bonds. The molecule has 2 aromatic heterocycles. The fourth-order valence-corrected chi connectivity index (χ4v) is 1.98. The number of pyridine rings is 1. The van der Waals surface area contributed by atoms with Crippen molar-refractivity contribution in [2.45, 2.75) is 13.5 Å². The van der Waals surface area contributed by atoms with Crippen LogP contribution in [0.1, 0.15) is 11.4 Å². The third-order valence-electron chi connectivity index (χ3n) is 3.02. The Morgan fingerprint density at radius 3 is 3.00 bits per heavy atom. The number of benzene rings is 1. The lowest BCUT2D eigenvalue weighted by molar-refractivity contribution is 0.301. The number of aromatic nitrogens is 3. The Balaban J connectivity index is 1.77. The van der Waals surface area contributed by atoms with E-state index < -0.39 is 0 Å². The largest absolute Gasteiger partial charge is 0.487 e. The predicted molar refractivity (Wildman–Crippen MR) is 76.2 cm³/mol. The minimum absolute atomic E-state index is 0.447. The molecule has 0 aliphatic rings. The summed E-state index contributed by atoms with van der Waals surface area (Å²) in [5.41, 5.74) is 3.96. The van der Waals surface area contributed by atoms with E-state index in [1.54, 1.807) is 6.20 Å². The van der Waals surface area contributed by atoms with Crippen LogP contribution in [0.25, 0.3) is 11.1 Å². The lowest BCUT2D eigenvalue weighted by atomic mass is 10.1. The van der Waals surface area contributed by atoms with Crippen LogP contribution in [-0.4, -0.2) is 15.2 Å². The summed E-state index contributed by atoms with van der Waals surface area (Å²) in [7, 11) is 0. The fourth-order valence-electron chi connectivity index (χ4n) is 1.98. The van der Waals surface area contributed by atoms with Gasteiger partial charge in [-0.05, 0) is 48.9 Å². The van der Waals surface area contributed by atoms with Gasteiger partial charge in [0.2, 0.25) is 0 Å². The van der Waals surface area contributed by atoms with Gasteiger partial charge in [0, 0.05) is 18.0 Å². The second-order valence-corrected chi connectivity index (χ2v) is 4.45. The summed E-state index contributed by atoms with van der Waals surface area (Å²) in [5, 5.41) is 6.99. The number of ether oxygens (including phenoxy) is 1. The number of hydrogen-bond donors (Lipinski definition) is 1. The first-order chi connectivity index (χ1) is 9.83. The third-order valence-corrected chi connectivity index (χ3v) is 3.02. The van der Waals surface area contributed by atoms with Gasteiger partial charge in [0.1, 0.15) is 12.4 Å². The minimum Gasteiger partial charge on any atom is -0.487 e. The molecule has 1 N–H and O–H groups in total. The number of H-pyrrole nitrogens is 1. The molecule has 0 spiro atoms. The first-order valence-corrected chi connectivity index (χ1v) is 6.37. The first-order valence-electron chi connectivity index (χ1n) is 6.37. The van der Waals surface area contributed by atoms with Crippen molar-refractivity contribution in [1.82, 2.24) is 15.2 Å². The van der Waals surface area contributed by atoms with Crippen molar-refractivity contribution in [3.05, 3.63) is 66.2 Å². The van der Waals surface area contributed by atoms with Crippen LogP contribution in [0.15, 0.2) is 48.8 Å². The quantitative estimate of drug-likeness (QED) is 0.787. The molecule has 0 saturated carbocycles. The maximum absolute atomic E-state index is 5.75. The van der Waals surface area contributed by atoms with Gasteiger partial charge < -0.3 is 4.74 Å². The second-order valence-electron chi connectivity index (χ2n) is 4.45. The highest BCUT2D eigenvalue weighted by molar-refractivity contribution is 5.66. The average Bonchev–Trinajstić information content (AvgIpc) is 2.93. The van der Waals surface area contributed by atoms with E-state index in [0.29, 0.717) is 6.61 Å². The summed E-state index contributed by atoms with van der Waals surface area (Å²) < 4.78 is 5.75. The normalized spacial score (nSPS) is 10.4. The van der Waals surface area contributed by atoms with E-state index in [0.717, 1.165) is 28.3 Å². The molecule has 4 heteroatoms. The molecule has 1 aromatic carbocycles. The Morgan fingerprint density at radius 2 is 2.25 bits per heavy atom. The first kappa shape index (κ1) is 12.4. The SMILES string of the molecule is Cc1n[nH]cc1-c1c[c]cc(OCc2ccccn2)c1. The summed E-state index contributed by atoms with van der Waals surface area (Å²) in [4.78, 5) is 4.23. The van der Waals surface area contributed by atoms with Gasteiger partial charge in [0.05, 0.1) is 11.4 Å². The molecule has 0 aliphatic heterocycles. The van der Waals surface area contributed by atoms with Crippen molar-refractivity contribution in [3.8, 4) is 16.9 Å². The van der Waals surface area contributed by atoms with Crippen molar-refractivity contribution in [1.29, 1.82) is 0 Å². The van der Waals surface area contributed by atoms with Gasteiger partial charge in [0.25, 0.3) is 0 Å². The zero-order valence-electron chi connectivity index (χ0n) is 11.1. The summed E-state index contributed by atoms with van der Waals surface area (Å²) in [6.07, 6.45) is 3.64. The van der Waals surface area contributed by atoms with E-state index in [1.807, 2.05) is 49.5 Å². The van der Waals surface area contributed by atoms with Crippen molar-refractivity contribution >= 4 is 0 Å². The van der Waals surface area contributed by atoms with Crippen LogP contribution in [0.5, 0.6) is 5.75 Å². The molecule has 0 bridgehead atoms. The van der Waals surface area contributed by atoms with E-state index in [-0.39, 0.29) is 0 Å². The van der Waals surface area contributed by atoms with Crippen molar-refractivity contribution in [2.75, 3.05) is 0 Å². The van der Waals surface area contributed by atoms with Crippen LogP contribution in [0.3, 0.4) is 0 Å². The number of aryl methyl sites for hydroxylation is 1. The van der Waals surface area contributed by atoms with Gasteiger partial charge >= 0.3 is 0 Å². The summed E-state index contributed by atoms with van der Waals surface area (Å²) >= 11 is 0. The van der Waals surface area contributed by atoms with E-state index in [2.05, 4.69) is 21.2 Å². The van der Waals surface area contributed by atoms with Gasteiger partial charge in [-0.15, -0.1) is 0 Å². The monoisotopic (exact) mass is 264 g/mol. The van der Waals surface area contributed by atoms with Crippen LogP contribution >= 0.6 is 0 Å². The Bertz CT molecular complexity index is 692. The number of nitrogens with one attached hydrogen (secondary N) is 1. The van der Waals surface area contributed by atoms with E-state index >= 15 is 0 Å². The van der Waals surface area contributed by atoms with Crippen LogP contribution in [0.2, 0.25) is 0 Å². The van der Waals surface area contributed by atoms with Crippen molar-refractivity contribution in [2.24, 2.45) is 0 Å². The average molecular weight is 264 g/mol. The van der Waals surface area contributed by atoms with Crippen LogP contribution in [-0.2, 0) is 6.61 Å². The molecular weight excluding hydrogens is 250 g/mol. The minimum atomic E-state index is 0.447. The number of hydrogen-bond acceptors (Lipinski definition) is 3. The lowest BCUT2D eigenvalue weighted by Crippen LogP contribution is -1.97. The molecule has 99 valence electrons. The van der Waals surface area contributed by atoms with Gasteiger partial charge in [-0.3, -0.25) is 10.1 Å². The van der Waals surface area contributed by atoms with Crippen LogP contribution < -0.4 is 4.74 Å². The van der Waals surface area contributed by atoms with Gasteiger partial charge in [-0.2, -0.15) is 5.10 Å². The topological polar surface area (TPSA) is 50.8 Å². The highest BCUT2D eigenvalue weighted by Crippen LogP contribution is 2.25. The Morgan fingerprint density at radius 1 is 1.30 bits per heavy atom. The van der Waals surface area contributed by atoms with Gasteiger partial charge in [-0.25, -0.2) is 0 Å². The Hall–Kier alpha value is -2.62. The zero-order chi connectivity index (χ0) is 13.8. The Kier molecular flexibility index (Phi) is 3.46. The van der Waals surface area contributed by atoms with Crippen LogP contribution in [0.4, 0.5) is 0 Å². The highest BCUT2D eigenvalue weighted by atomic mass is 16.5. The molecule has 20 heavy (non-hydrogen) atoms. The summed E-state index contributed by atoms with van der Waals surface area (Å²) in [6, 6.07) is 14.6. The zero-order valence-corrected chi connectivity index (χ0v) is 11.1. The molecule has 0 saturated heterocycles. The number of rotatable bonds is 4. The summed E-state index contributed by atoms with van der Waals surface area (Å²) in [5.74, 6) is 0.772. The molecule has 0 fully saturated rings.